The van der Waals surface area contributed by atoms with Gasteiger partial charge in [0.15, 0.2) is 4.34 Å². The highest BCUT2D eigenvalue weighted by molar-refractivity contribution is 8.01. The number of rotatable bonds is 5. The Kier molecular flexibility index (Phi) is 6.19. The van der Waals surface area contributed by atoms with Crippen molar-refractivity contribution in [1.82, 2.24) is 15.1 Å². The summed E-state index contributed by atoms with van der Waals surface area (Å²) in [6, 6.07) is 5.71. The lowest BCUT2D eigenvalue weighted by Gasteiger charge is -2.30. The molecule has 25 heavy (non-hydrogen) atoms. The number of thioether (sulfide) groups is 1. The molecule has 0 saturated carbocycles. The first-order valence-electron chi connectivity index (χ1n) is 8.29. The molecule has 0 aliphatic carbocycles. The predicted octanol–water partition coefficient (Wildman–Crippen LogP) is 4.59. The average molecular weight is 397 g/mol. The lowest BCUT2D eigenvalue weighted by molar-refractivity contribution is -0.130. The van der Waals surface area contributed by atoms with Gasteiger partial charge >= 0.3 is 0 Å². The number of piperidine rings is 1. The van der Waals surface area contributed by atoms with Gasteiger partial charge in [-0.05, 0) is 43.4 Å². The molecule has 3 rings (SSSR count). The van der Waals surface area contributed by atoms with Gasteiger partial charge in [-0.15, -0.1) is 10.2 Å². The van der Waals surface area contributed by atoms with Crippen molar-refractivity contribution in [3.8, 4) is 0 Å². The number of hydrogen-bond donors (Lipinski definition) is 1. The maximum atomic E-state index is 12.3. The van der Waals surface area contributed by atoms with Crippen LogP contribution in [0.5, 0.6) is 0 Å². The van der Waals surface area contributed by atoms with E-state index in [1.165, 1.54) is 29.5 Å². The monoisotopic (exact) mass is 396 g/mol. The number of aromatic nitrogens is 2. The first-order chi connectivity index (χ1) is 12.0. The molecule has 1 aromatic carbocycles. The molecule has 1 aliphatic rings. The molecular formula is C17H21ClN4OS2. The highest BCUT2D eigenvalue weighted by Gasteiger charge is 2.21. The number of anilines is 2. The highest BCUT2D eigenvalue weighted by Crippen LogP contribution is 2.31. The highest BCUT2D eigenvalue weighted by atomic mass is 35.5. The van der Waals surface area contributed by atoms with E-state index in [-0.39, 0.29) is 5.91 Å². The van der Waals surface area contributed by atoms with E-state index in [4.69, 9.17) is 11.6 Å². The van der Waals surface area contributed by atoms with Crippen molar-refractivity contribution in [1.29, 1.82) is 0 Å². The Morgan fingerprint density at radius 1 is 1.48 bits per heavy atom. The first-order valence-corrected chi connectivity index (χ1v) is 10.5. The van der Waals surface area contributed by atoms with Crippen molar-refractivity contribution >= 4 is 51.4 Å². The second-order valence-electron chi connectivity index (χ2n) is 6.29. The Hall–Kier alpha value is -1.31. The molecule has 1 aromatic heterocycles. The molecule has 1 amide bonds. The van der Waals surface area contributed by atoms with Crippen molar-refractivity contribution < 1.29 is 4.79 Å². The second kappa shape index (κ2) is 8.38. The minimum Gasteiger partial charge on any atom is -0.342 e. The lowest BCUT2D eigenvalue weighted by Crippen LogP contribution is -2.40. The van der Waals surface area contributed by atoms with Gasteiger partial charge in [0.05, 0.1) is 5.75 Å². The molecule has 1 saturated heterocycles. The molecule has 2 heterocycles. The predicted molar refractivity (Wildman–Crippen MR) is 105 cm³/mol. The molecule has 1 fully saturated rings. The third-order valence-electron chi connectivity index (χ3n) is 4.24. The normalized spacial score (nSPS) is 17.6. The Balaban J connectivity index is 1.55. The number of nitrogens with zero attached hydrogens (tertiary/aromatic N) is 3. The molecule has 8 heteroatoms. The van der Waals surface area contributed by atoms with Gasteiger partial charge in [0.1, 0.15) is 0 Å². The summed E-state index contributed by atoms with van der Waals surface area (Å²) in [6.07, 6.45) is 2.31. The van der Waals surface area contributed by atoms with Crippen LogP contribution in [-0.4, -0.2) is 39.8 Å². The van der Waals surface area contributed by atoms with E-state index in [9.17, 15) is 4.79 Å². The number of amides is 1. The smallest absolute Gasteiger partial charge is 0.233 e. The number of likely N-dealkylation sites (tertiary alicyclic amines) is 1. The molecule has 5 nitrogen and oxygen atoms in total. The summed E-state index contributed by atoms with van der Waals surface area (Å²) in [4.78, 5) is 14.3. The van der Waals surface area contributed by atoms with E-state index in [1.807, 2.05) is 30.0 Å². The van der Waals surface area contributed by atoms with Crippen LogP contribution in [0.2, 0.25) is 5.02 Å². The van der Waals surface area contributed by atoms with Crippen LogP contribution < -0.4 is 5.32 Å². The second-order valence-corrected chi connectivity index (χ2v) is 8.89. The number of halogens is 1. The summed E-state index contributed by atoms with van der Waals surface area (Å²) in [7, 11) is 0. The third-order valence-corrected chi connectivity index (χ3v) is 6.61. The largest absolute Gasteiger partial charge is 0.342 e. The van der Waals surface area contributed by atoms with Crippen LogP contribution >= 0.6 is 34.7 Å². The molecule has 1 atom stereocenters. The Bertz CT molecular complexity index is 752. The molecule has 1 unspecified atom stereocenters. The van der Waals surface area contributed by atoms with Gasteiger partial charge in [-0.25, -0.2) is 0 Å². The number of carbonyl (C=O) groups is 1. The summed E-state index contributed by atoms with van der Waals surface area (Å²) >= 11 is 9.03. The lowest BCUT2D eigenvalue weighted by atomic mass is 10.0. The topological polar surface area (TPSA) is 58.1 Å². The van der Waals surface area contributed by atoms with Crippen molar-refractivity contribution in [2.24, 2.45) is 5.92 Å². The maximum absolute atomic E-state index is 12.3. The standard InChI is InChI=1S/C17H21ClN4OS2/c1-11-5-4-8-22(9-11)15(23)10-24-17-21-20-16(25-17)19-14-7-3-6-13(18)12(14)2/h3,6-7,11H,4-5,8-10H2,1-2H3,(H,19,20). The van der Waals surface area contributed by atoms with Crippen molar-refractivity contribution in [3.05, 3.63) is 28.8 Å². The van der Waals surface area contributed by atoms with Gasteiger partial charge in [-0.1, -0.05) is 47.7 Å². The fourth-order valence-corrected chi connectivity index (χ4v) is 4.65. The van der Waals surface area contributed by atoms with E-state index in [0.29, 0.717) is 21.8 Å². The van der Waals surface area contributed by atoms with Gasteiger partial charge in [0.25, 0.3) is 0 Å². The van der Waals surface area contributed by atoms with Gasteiger partial charge < -0.3 is 10.2 Å². The van der Waals surface area contributed by atoms with Gasteiger partial charge in [0, 0.05) is 23.8 Å². The fraction of sp³-hybridized carbons (Fsp3) is 0.471. The maximum Gasteiger partial charge on any atom is 0.233 e. The Morgan fingerprint density at radius 3 is 3.12 bits per heavy atom. The molecule has 0 radical (unpaired) electrons. The Morgan fingerprint density at radius 2 is 2.32 bits per heavy atom. The molecule has 2 aromatic rings. The molecule has 1 N–H and O–H groups in total. The fourth-order valence-electron chi connectivity index (χ4n) is 2.81. The summed E-state index contributed by atoms with van der Waals surface area (Å²) in [6.45, 7) is 5.91. The van der Waals surface area contributed by atoms with Crippen LogP contribution in [0.3, 0.4) is 0 Å². The van der Waals surface area contributed by atoms with Crippen molar-refractivity contribution in [2.45, 2.75) is 31.0 Å². The number of hydrogen-bond acceptors (Lipinski definition) is 6. The van der Waals surface area contributed by atoms with Crippen LogP contribution in [0, 0.1) is 12.8 Å². The van der Waals surface area contributed by atoms with Gasteiger partial charge in [-0.3, -0.25) is 4.79 Å². The SMILES string of the molecule is Cc1c(Cl)cccc1Nc1nnc(SCC(=O)N2CCCC(C)C2)s1. The average Bonchev–Trinajstić information content (AvgIpc) is 3.04. The van der Waals surface area contributed by atoms with Crippen LogP contribution in [0.1, 0.15) is 25.3 Å². The third kappa shape index (κ3) is 4.86. The number of carbonyl (C=O) groups excluding carboxylic acids is 1. The van der Waals surface area contributed by atoms with Crippen molar-refractivity contribution in [2.75, 3.05) is 24.2 Å². The van der Waals surface area contributed by atoms with Gasteiger partial charge in [-0.2, -0.15) is 0 Å². The van der Waals surface area contributed by atoms with Crippen LogP contribution in [0.4, 0.5) is 10.8 Å². The number of nitrogens with one attached hydrogen (secondary N) is 1. The molecule has 0 spiro atoms. The summed E-state index contributed by atoms with van der Waals surface area (Å²) < 4.78 is 0.792. The quantitative estimate of drug-likeness (QED) is 0.748. The summed E-state index contributed by atoms with van der Waals surface area (Å²) in [5.74, 6) is 1.20. The van der Waals surface area contributed by atoms with E-state index in [0.717, 1.165) is 35.1 Å². The minimum absolute atomic E-state index is 0.187. The van der Waals surface area contributed by atoms with Crippen LogP contribution in [-0.2, 0) is 4.79 Å². The summed E-state index contributed by atoms with van der Waals surface area (Å²) in [5.41, 5.74) is 1.89. The molecule has 134 valence electrons. The molecule has 1 aliphatic heterocycles. The minimum atomic E-state index is 0.187. The van der Waals surface area contributed by atoms with Crippen molar-refractivity contribution in [3.63, 3.8) is 0 Å². The van der Waals surface area contributed by atoms with Gasteiger partial charge in [0.2, 0.25) is 11.0 Å². The van der Waals surface area contributed by atoms with E-state index >= 15 is 0 Å². The van der Waals surface area contributed by atoms with Crippen LogP contribution in [0.15, 0.2) is 22.5 Å². The molecular weight excluding hydrogens is 376 g/mol. The van der Waals surface area contributed by atoms with E-state index < -0.39 is 0 Å². The van der Waals surface area contributed by atoms with E-state index in [1.54, 1.807) is 0 Å². The van der Waals surface area contributed by atoms with E-state index in [2.05, 4.69) is 22.4 Å². The zero-order valence-electron chi connectivity index (χ0n) is 14.3. The van der Waals surface area contributed by atoms with Crippen LogP contribution in [0.25, 0.3) is 0 Å². The Labute approximate surface area is 161 Å². The first kappa shape index (κ1) is 18.5. The number of benzene rings is 1. The summed E-state index contributed by atoms with van der Waals surface area (Å²) in [5, 5.41) is 13.0. The zero-order valence-corrected chi connectivity index (χ0v) is 16.7. The zero-order chi connectivity index (χ0) is 17.8. The molecule has 0 bridgehead atoms.